The first-order chi connectivity index (χ1) is 13.8. The second-order valence-electron chi connectivity index (χ2n) is 6.78. The van der Waals surface area contributed by atoms with Gasteiger partial charge < -0.3 is 15.5 Å². The molecule has 1 atom stereocenters. The van der Waals surface area contributed by atoms with E-state index in [9.17, 15) is 23.6 Å². The molecular formula is C21H20FN3O4. The molecule has 0 saturated carbocycles. The molecule has 0 radical (unpaired) electrons. The molecule has 1 heterocycles. The van der Waals surface area contributed by atoms with E-state index >= 15 is 0 Å². The molecule has 0 aliphatic carbocycles. The van der Waals surface area contributed by atoms with Gasteiger partial charge in [-0.15, -0.1) is 0 Å². The number of nitrogens with zero attached hydrogens (tertiary/aromatic N) is 1. The Kier molecular flexibility index (Phi) is 6.01. The van der Waals surface area contributed by atoms with Crippen LogP contribution in [0.1, 0.15) is 23.7 Å². The van der Waals surface area contributed by atoms with E-state index in [1.54, 1.807) is 24.3 Å². The quantitative estimate of drug-likeness (QED) is 0.730. The van der Waals surface area contributed by atoms with Crippen LogP contribution in [0.2, 0.25) is 0 Å². The van der Waals surface area contributed by atoms with Crippen molar-refractivity contribution in [3.05, 3.63) is 59.9 Å². The Morgan fingerprint density at radius 3 is 2.55 bits per heavy atom. The Hall–Kier alpha value is -3.55. The Bertz CT molecular complexity index is 959. The van der Waals surface area contributed by atoms with Gasteiger partial charge in [-0.25, -0.2) is 4.39 Å². The molecule has 8 heteroatoms. The third-order valence-corrected chi connectivity index (χ3v) is 4.61. The molecule has 29 heavy (non-hydrogen) atoms. The first-order valence-electron chi connectivity index (χ1n) is 9.08. The van der Waals surface area contributed by atoms with Crippen LogP contribution in [-0.2, 0) is 14.4 Å². The Labute approximate surface area is 166 Å². The van der Waals surface area contributed by atoms with Gasteiger partial charge in [0.05, 0.1) is 12.5 Å². The van der Waals surface area contributed by atoms with Crippen molar-refractivity contribution < 1.29 is 23.6 Å². The zero-order valence-electron chi connectivity index (χ0n) is 15.8. The van der Waals surface area contributed by atoms with E-state index in [-0.39, 0.29) is 31.2 Å². The third kappa shape index (κ3) is 5.04. The molecule has 1 saturated heterocycles. The van der Waals surface area contributed by atoms with Gasteiger partial charge in [0.15, 0.2) is 5.78 Å². The number of ketones is 1. The van der Waals surface area contributed by atoms with Crippen molar-refractivity contribution in [1.82, 2.24) is 5.32 Å². The van der Waals surface area contributed by atoms with Crippen LogP contribution in [0.4, 0.5) is 15.8 Å². The zero-order valence-corrected chi connectivity index (χ0v) is 15.8. The summed E-state index contributed by atoms with van der Waals surface area (Å²) in [6, 6.07) is 12.0. The monoisotopic (exact) mass is 397 g/mol. The van der Waals surface area contributed by atoms with Gasteiger partial charge in [-0.1, -0.05) is 12.1 Å². The molecule has 0 spiro atoms. The number of nitrogens with one attached hydrogen (secondary N) is 2. The lowest BCUT2D eigenvalue weighted by Crippen LogP contribution is -2.37. The summed E-state index contributed by atoms with van der Waals surface area (Å²) in [5, 5.41) is 5.14. The zero-order chi connectivity index (χ0) is 21.0. The van der Waals surface area contributed by atoms with Crippen molar-refractivity contribution in [2.45, 2.75) is 13.3 Å². The Morgan fingerprint density at radius 2 is 1.86 bits per heavy atom. The fraction of sp³-hybridized carbons (Fsp3) is 0.238. The van der Waals surface area contributed by atoms with Crippen LogP contribution >= 0.6 is 0 Å². The largest absolute Gasteiger partial charge is 0.347 e. The predicted octanol–water partition coefficient (Wildman–Crippen LogP) is 2.14. The molecule has 1 unspecified atom stereocenters. The summed E-state index contributed by atoms with van der Waals surface area (Å²) in [6.07, 6.45) is 0.0193. The molecule has 1 fully saturated rings. The van der Waals surface area contributed by atoms with E-state index in [1.807, 2.05) is 0 Å². The van der Waals surface area contributed by atoms with E-state index < -0.39 is 23.5 Å². The summed E-state index contributed by atoms with van der Waals surface area (Å²) in [7, 11) is 0. The number of anilines is 2. The highest BCUT2D eigenvalue weighted by Gasteiger charge is 2.35. The maximum absolute atomic E-state index is 13.0. The topological polar surface area (TPSA) is 95.6 Å². The number of benzene rings is 2. The van der Waals surface area contributed by atoms with Gasteiger partial charge in [0.1, 0.15) is 5.82 Å². The summed E-state index contributed by atoms with van der Waals surface area (Å²) < 4.78 is 13.0. The second kappa shape index (κ2) is 8.64. The Morgan fingerprint density at radius 1 is 1.14 bits per heavy atom. The molecule has 1 aliphatic heterocycles. The van der Waals surface area contributed by atoms with Crippen LogP contribution in [0.3, 0.4) is 0 Å². The van der Waals surface area contributed by atoms with Crippen molar-refractivity contribution in [2.75, 3.05) is 23.3 Å². The normalized spacial score (nSPS) is 15.9. The molecule has 1 aliphatic rings. The third-order valence-electron chi connectivity index (χ3n) is 4.61. The van der Waals surface area contributed by atoms with Crippen molar-refractivity contribution >= 4 is 34.9 Å². The summed E-state index contributed by atoms with van der Waals surface area (Å²) in [5.74, 6) is -2.21. The molecule has 3 amide bonds. The van der Waals surface area contributed by atoms with Crippen molar-refractivity contribution in [3.8, 4) is 0 Å². The number of carbonyl (C=O) groups excluding carboxylic acids is 4. The van der Waals surface area contributed by atoms with Gasteiger partial charge in [0.2, 0.25) is 17.7 Å². The van der Waals surface area contributed by atoms with E-state index in [2.05, 4.69) is 10.6 Å². The molecule has 0 bridgehead atoms. The van der Waals surface area contributed by atoms with Gasteiger partial charge in [0.25, 0.3) is 0 Å². The summed E-state index contributed by atoms with van der Waals surface area (Å²) in [4.78, 5) is 49.4. The fourth-order valence-electron chi connectivity index (χ4n) is 3.09. The SMILES string of the molecule is CC(=O)c1cccc(NC(=O)CNC(=O)C2CC(=O)N(c3ccc(F)cc3)C2)c1. The maximum atomic E-state index is 13.0. The minimum absolute atomic E-state index is 0.0193. The minimum Gasteiger partial charge on any atom is -0.347 e. The number of carbonyl (C=O) groups is 4. The lowest BCUT2D eigenvalue weighted by molar-refractivity contribution is -0.127. The highest BCUT2D eigenvalue weighted by molar-refractivity contribution is 6.02. The standard InChI is InChI=1S/C21H20FN3O4/c1-13(26)14-3-2-4-17(9-14)24-19(27)11-23-21(29)15-10-20(28)25(12-15)18-7-5-16(22)6-8-18/h2-9,15H,10-12H2,1H3,(H,23,29)(H,24,27). The number of rotatable bonds is 6. The predicted molar refractivity (Wildman–Crippen MR) is 105 cm³/mol. The van der Waals surface area contributed by atoms with Crippen molar-refractivity contribution in [2.24, 2.45) is 5.92 Å². The highest BCUT2D eigenvalue weighted by Crippen LogP contribution is 2.25. The van der Waals surface area contributed by atoms with Crippen molar-refractivity contribution in [3.63, 3.8) is 0 Å². The summed E-state index contributed by atoms with van der Waals surface area (Å²) >= 11 is 0. The van der Waals surface area contributed by atoms with Crippen LogP contribution in [-0.4, -0.2) is 36.6 Å². The molecular weight excluding hydrogens is 377 g/mol. The fourth-order valence-corrected chi connectivity index (χ4v) is 3.09. The van der Waals surface area contributed by atoms with E-state index in [0.29, 0.717) is 16.9 Å². The lowest BCUT2D eigenvalue weighted by Gasteiger charge is -2.16. The Balaban J connectivity index is 1.52. The van der Waals surface area contributed by atoms with Gasteiger partial charge in [0, 0.05) is 29.9 Å². The average Bonchev–Trinajstić information content (AvgIpc) is 3.08. The van der Waals surface area contributed by atoms with Gasteiger partial charge >= 0.3 is 0 Å². The molecule has 150 valence electrons. The van der Waals surface area contributed by atoms with Crippen LogP contribution in [0.5, 0.6) is 0 Å². The van der Waals surface area contributed by atoms with Crippen LogP contribution in [0.15, 0.2) is 48.5 Å². The van der Waals surface area contributed by atoms with E-state index in [0.717, 1.165) is 0 Å². The molecule has 2 N–H and O–H groups in total. The highest BCUT2D eigenvalue weighted by atomic mass is 19.1. The minimum atomic E-state index is -0.596. The van der Waals surface area contributed by atoms with Gasteiger partial charge in [-0.05, 0) is 43.3 Å². The average molecular weight is 397 g/mol. The number of Topliss-reactive ketones (excluding diaryl/α,β-unsaturated/α-hetero) is 1. The van der Waals surface area contributed by atoms with Gasteiger partial charge in [-0.3, -0.25) is 19.2 Å². The summed E-state index contributed by atoms with van der Waals surface area (Å²) in [5.41, 5.74) is 1.45. The van der Waals surface area contributed by atoms with Crippen LogP contribution in [0, 0.1) is 11.7 Å². The summed E-state index contributed by atoms with van der Waals surface area (Å²) in [6.45, 7) is 1.34. The van der Waals surface area contributed by atoms with Gasteiger partial charge in [-0.2, -0.15) is 0 Å². The van der Waals surface area contributed by atoms with Crippen molar-refractivity contribution in [1.29, 1.82) is 0 Å². The lowest BCUT2D eigenvalue weighted by atomic mass is 10.1. The number of hydrogen-bond acceptors (Lipinski definition) is 4. The second-order valence-corrected chi connectivity index (χ2v) is 6.78. The molecule has 3 rings (SSSR count). The smallest absolute Gasteiger partial charge is 0.243 e. The van der Waals surface area contributed by atoms with Crippen LogP contribution in [0.25, 0.3) is 0 Å². The van der Waals surface area contributed by atoms with E-state index in [1.165, 1.54) is 36.1 Å². The molecule has 2 aromatic carbocycles. The van der Waals surface area contributed by atoms with Crippen LogP contribution < -0.4 is 15.5 Å². The molecule has 0 aromatic heterocycles. The first-order valence-corrected chi connectivity index (χ1v) is 9.08. The van der Waals surface area contributed by atoms with E-state index in [4.69, 9.17) is 0 Å². The molecule has 7 nitrogen and oxygen atoms in total. The number of halogens is 1. The number of hydrogen-bond donors (Lipinski definition) is 2. The molecule has 2 aromatic rings. The maximum Gasteiger partial charge on any atom is 0.243 e. The first kappa shape index (κ1) is 20.2. The number of amides is 3.